The van der Waals surface area contributed by atoms with Crippen LogP contribution in [0.5, 0.6) is 0 Å². The fourth-order valence-electron chi connectivity index (χ4n) is 2.04. The van der Waals surface area contributed by atoms with Gasteiger partial charge in [-0.25, -0.2) is 4.98 Å². The second-order valence-electron chi connectivity index (χ2n) is 4.36. The van der Waals surface area contributed by atoms with E-state index in [1.54, 1.807) is 22.7 Å². The van der Waals surface area contributed by atoms with Crippen molar-refractivity contribution in [2.75, 3.05) is 0 Å². The molecule has 1 atom stereocenters. The van der Waals surface area contributed by atoms with Crippen LogP contribution in [0.15, 0.2) is 46.7 Å². The molecule has 0 radical (unpaired) electrons. The molecule has 0 aliphatic carbocycles. The molecule has 0 aromatic carbocycles. The first-order valence-corrected chi connectivity index (χ1v) is 7.92. The number of nitrogens with one attached hydrogen (secondary N) is 1. The third kappa shape index (κ3) is 2.78. The van der Waals surface area contributed by atoms with Crippen molar-refractivity contribution in [3.8, 4) is 0 Å². The van der Waals surface area contributed by atoms with Gasteiger partial charge in [0.25, 0.3) is 0 Å². The quantitative estimate of drug-likeness (QED) is 0.780. The maximum absolute atomic E-state index is 4.48. The van der Waals surface area contributed by atoms with Crippen molar-refractivity contribution in [3.05, 3.63) is 63.0 Å². The van der Waals surface area contributed by atoms with Crippen molar-refractivity contribution < 1.29 is 0 Å². The van der Waals surface area contributed by atoms with E-state index < -0.39 is 0 Å². The highest BCUT2D eigenvalue weighted by molar-refractivity contribution is 7.10. The van der Waals surface area contributed by atoms with Crippen LogP contribution in [-0.2, 0) is 13.6 Å². The van der Waals surface area contributed by atoms with E-state index in [1.165, 1.54) is 10.4 Å². The number of aryl methyl sites for hydroxylation is 1. The van der Waals surface area contributed by atoms with Crippen LogP contribution in [0.1, 0.15) is 22.3 Å². The third-order valence-corrected chi connectivity index (χ3v) is 4.70. The van der Waals surface area contributed by atoms with Crippen molar-refractivity contribution >= 4 is 22.7 Å². The first kappa shape index (κ1) is 12.6. The number of hydrogen-bond acceptors (Lipinski definition) is 4. The largest absolute Gasteiger partial charge is 0.336 e. The molecule has 19 heavy (non-hydrogen) atoms. The van der Waals surface area contributed by atoms with E-state index in [4.69, 9.17) is 0 Å². The average molecular weight is 289 g/mol. The smallest absolute Gasteiger partial charge is 0.131 e. The van der Waals surface area contributed by atoms with Gasteiger partial charge in [0.2, 0.25) is 0 Å². The predicted octanol–water partition coefficient (Wildman–Crippen LogP) is 3.42. The summed E-state index contributed by atoms with van der Waals surface area (Å²) in [5.41, 5.74) is 1.32. The molecule has 1 N–H and O–H groups in total. The topological polar surface area (TPSA) is 29.9 Å². The van der Waals surface area contributed by atoms with Crippen molar-refractivity contribution in [1.82, 2.24) is 14.9 Å². The second-order valence-corrected chi connectivity index (χ2v) is 6.12. The summed E-state index contributed by atoms with van der Waals surface area (Å²) in [7, 11) is 2.04. The van der Waals surface area contributed by atoms with Crippen LogP contribution in [0.3, 0.4) is 0 Å². The second kappa shape index (κ2) is 5.69. The molecule has 3 nitrogen and oxygen atoms in total. The first-order valence-electron chi connectivity index (χ1n) is 6.09. The Hall–Kier alpha value is -1.43. The number of aromatic nitrogens is 2. The summed E-state index contributed by atoms with van der Waals surface area (Å²) in [4.78, 5) is 5.78. The monoisotopic (exact) mass is 289 g/mol. The van der Waals surface area contributed by atoms with Crippen LogP contribution in [0.25, 0.3) is 0 Å². The minimum Gasteiger partial charge on any atom is -0.336 e. The van der Waals surface area contributed by atoms with Gasteiger partial charge in [-0.2, -0.15) is 11.3 Å². The number of hydrogen-bond donors (Lipinski definition) is 1. The lowest BCUT2D eigenvalue weighted by molar-refractivity contribution is 0.566. The molecule has 0 saturated carbocycles. The summed E-state index contributed by atoms with van der Waals surface area (Å²) < 4.78 is 2.07. The van der Waals surface area contributed by atoms with Gasteiger partial charge in [-0.1, -0.05) is 6.07 Å². The zero-order chi connectivity index (χ0) is 13.1. The molecule has 3 aromatic heterocycles. The van der Waals surface area contributed by atoms with E-state index in [-0.39, 0.29) is 6.04 Å². The normalized spacial score (nSPS) is 12.7. The highest BCUT2D eigenvalue weighted by Crippen LogP contribution is 2.25. The molecule has 3 aromatic rings. The first-order chi connectivity index (χ1) is 9.34. The highest BCUT2D eigenvalue weighted by Gasteiger charge is 2.18. The van der Waals surface area contributed by atoms with Gasteiger partial charge >= 0.3 is 0 Å². The number of nitrogens with zero attached hydrogens (tertiary/aromatic N) is 2. The van der Waals surface area contributed by atoms with Gasteiger partial charge in [0.1, 0.15) is 11.9 Å². The lowest BCUT2D eigenvalue weighted by Gasteiger charge is -2.17. The summed E-state index contributed by atoms with van der Waals surface area (Å²) in [6, 6.07) is 6.55. The van der Waals surface area contributed by atoms with Gasteiger partial charge in [0.15, 0.2) is 0 Å². The van der Waals surface area contributed by atoms with Crippen LogP contribution in [-0.4, -0.2) is 9.55 Å². The molecule has 98 valence electrons. The van der Waals surface area contributed by atoms with Gasteiger partial charge in [-0.15, -0.1) is 11.3 Å². The summed E-state index contributed by atoms with van der Waals surface area (Å²) in [6.45, 7) is 0.860. The predicted molar refractivity (Wildman–Crippen MR) is 80.5 cm³/mol. The Labute approximate surface area is 120 Å². The molecular weight excluding hydrogens is 274 g/mol. The molecule has 3 rings (SSSR count). The highest BCUT2D eigenvalue weighted by atomic mass is 32.1. The summed E-state index contributed by atoms with van der Waals surface area (Å²) in [6.07, 6.45) is 3.84. The summed E-state index contributed by atoms with van der Waals surface area (Å²) in [5.74, 6) is 1.05. The van der Waals surface area contributed by atoms with Gasteiger partial charge in [0.05, 0.1) is 0 Å². The Kier molecular flexibility index (Phi) is 3.77. The Bertz CT molecular complexity index is 611. The summed E-state index contributed by atoms with van der Waals surface area (Å²) in [5, 5.41) is 10.00. The van der Waals surface area contributed by atoms with Crippen molar-refractivity contribution in [2.24, 2.45) is 7.05 Å². The molecule has 0 aliphatic rings. The van der Waals surface area contributed by atoms with E-state index in [2.05, 4.69) is 49.2 Å². The Morgan fingerprint density at radius 3 is 2.95 bits per heavy atom. The molecule has 0 bridgehead atoms. The maximum atomic E-state index is 4.48. The lowest BCUT2D eigenvalue weighted by atomic mass is 10.2. The molecular formula is C14H15N3S2. The fraction of sp³-hybridized carbons (Fsp3) is 0.214. The number of rotatable bonds is 5. The van der Waals surface area contributed by atoms with Crippen LogP contribution in [0.4, 0.5) is 0 Å². The lowest BCUT2D eigenvalue weighted by Crippen LogP contribution is -2.23. The van der Waals surface area contributed by atoms with Crippen LogP contribution in [0, 0.1) is 0 Å². The summed E-state index contributed by atoms with van der Waals surface area (Å²) >= 11 is 3.49. The molecule has 1 unspecified atom stereocenters. The van der Waals surface area contributed by atoms with Gasteiger partial charge in [0, 0.05) is 30.9 Å². The van der Waals surface area contributed by atoms with Crippen LogP contribution < -0.4 is 5.32 Å². The maximum Gasteiger partial charge on any atom is 0.131 e. The fourth-order valence-corrected chi connectivity index (χ4v) is 3.51. The Morgan fingerprint density at radius 1 is 1.37 bits per heavy atom. The van der Waals surface area contributed by atoms with E-state index in [0.29, 0.717) is 0 Å². The van der Waals surface area contributed by atoms with Gasteiger partial charge < -0.3 is 4.57 Å². The molecule has 3 heterocycles. The number of thiophene rings is 2. The van der Waals surface area contributed by atoms with Gasteiger partial charge in [-0.05, 0) is 33.8 Å². The SMILES string of the molecule is Cn1ccnc1C(NCc1ccsc1)c1cccs1. The molecule has 0 spiro atoms. The van der Waals surface area contributed by atoms with Gasteiger partial charge in [-0.3, -0.25) is 5.32 Å². The zero-order valence-electron chi connectivity index (χ0n) is 10.6. The molecule has 5 heteroatoms. The molecule has 0 saturated heterocycles. The van der Waals surface area contributed by atoms with Crippen molar-refractivity contribution in [3.63, 3.8) is 0 Å². The zero-order valence-corrected chi connectivity index (χ0v) is 12.2. The third-order valence-electron chi connectivity index (χ3n) is 3.03. The van der Waals surface area contributed by atoms with Crippen LogP contribution in [0.2, 0.25) is 0 Å². The van der Waals surface area contributed by atoms with E-state index in [0.717, 1.165) is 12.4 Å². The van der Waals surface area contributed by atoms with E-state index >= 15 is 0 Å². The number of imidazole rings is 1. The van der Waals surface area contributed by atoms with E-state index in [9.17, 15) is 0 Å². The minimum absolute atomic E-state index is 0.153. The standard InChI is InChI=1S/C14H15N3S2/c1-17-6-5-15-14(17)13(12-3-2-7-19-12)16-9-11-4-8-18-10-11/h2-8,10,13,16H,9H2,1H3. The average Bonchev–Trinajstić information content (AvgIpc) is 3.13. The van der Waals surface area contributed by atoms with Crippen molar-refractivity contribution in [1.29, 1.82) is 0 Å². The van der Waals surface area contributed by atoms with Crippen LogP contribution >= 0.6 is 22.7 Å². The Balaban J connectivity index is 1.83. The minimum atomic E-state index is 0.153. The molecule has 0 fully saturated rings. The van der Waals surface area contributed by atoms with Crippen molar-refractivity contribution in [2.45, 2.75) is 12.6 Å². The molecule has 0 aliphatic heterocycles. The van der Waals surface area contributed by atoms with E-state index in [1.807, 2.05) is 19.4 Å². The molecule has 0 amide bonds. The Morgan fingerprint density at radius 2 is 2.32 bits per heavy atom.